The number of aromatic nitrogens is 1. The Labute approximate surface area is 89.3 Å². The van der Waals surface area contributed by atoms with Crippen LogP contribution in [0.4, 0.5) is 5.13 Å². The van der Waals surface area contributed by atoms with Crippen LogP contribution in [0, 0.1) is 0 Å². The number of aliphatic hydroxyl groups excluding tert-OH is 1. The summed E-state index contributed by atoms with van der Waals surface area (Å²) in [4.78, 5) is 4.13. The van der Waals surface area contributed by atoms with E-state index in [0.717, 1.165) is 9.73 Å². The molecule has 0 aliphatic heterocycles. The number of nitrogens with one attached hydrogen (secondary N) is 1. The van der Waals surface area contributed by atoms with Gasteiger partial charge in [-0.1, -0.05) is 0 Å². The van der Waals surface area contributed by atoms with Gasteiger partial charge in [-0.15, -0.1) is 11.3 Å². The molecule has 0 saturated carbocycles. The van der Waals surface area contributed by atoms with Crippen LogP contribution in [0.5, 0.6) is 0 Å². The van der Waals surface area contributed by atoms with E-state index in [1.807, 2.05) is 5.38 Å². The van der Waals surface area contributed by atoms with Gasteiger partial charge in [0.1, 0.15) is 4.60 Å². The summed E-state index contributed by atoms with van der Waals surface area (Å²) < 4.78 is 0.811. The van der Waals surface area contributed by atoms with E-state index in [9.17, 15) is 0 Å². The number of thiazole rings is 1. The van der Waals surface area contributed by atoms with Crippen LogP contribution in [-0.4, -0.2) is 28.8 Å². The predicted octanol–water partition coefficient (Wildman–Crippen LogP) is 1.03. The van der Waals surface area contributed by atoms with E-state index in [1.165, 1.54) is 11.3 Å². The maximum absolute atomic E-state index is 9.11. The molecule has 4 N–H and O–H groups in total. The number of hydrogen-bond acceptors (Lipinski definition) is 5. The number of aliphatic hydroxyl groups is 1. The molecule has 0 fully saturated rings. The molecule has 0 radical (unpaired) electrons. The van der Waals surface area contributed by atoms with Gasteiger partial charge < -0.3 is 16.2 Å². The fourth-order valence-electron chi connectivity index (χ4n) is 0.711. The number of nitrogens with zero attached hydrogens (tertiary/aromatic N) is 1. The second-order valence-electron chi connectivity index (χ2n) is 2.76. The number of hydrogen-bond donors (Lipinski definition) is 3. The van der Waals surface area contributed by atoms with Gasteiger partial charge in [-0.05, 0) is 22.9 Å². The minimum Gasteiger partial charge on any atom is -0.392 e. The Kier molecular flexibility index (Phi) is 4.11. The molecule has 1 aromatic rings. The Morgan fingerprint density at radius 3 is 3.00 bits per heavy atom. The van der Waals surface area contributed by atoms with Gasteiger partial charge in [0.15, 0.2) is 5.13 Å². The molecular formula is C7H12BrN3OS. The lowest BCUT2D eigenvalue weighted by Gasteiger charge is -2.14. The van der Waals surface area contributed by atoms with Gasteiger partial charge in [-0.3, -0.25) is 0 Å². The van der Waals surface area contributed by atoms with Crippen LogP contribution < -0.4 is 11.1 Å². The highest BCUT2D eigenvalue weighted by atomic mass is 79.9. The van der Waals surface area contributed by atoms with Crippen LogP contribution in [0.1, 0.15) is 6.92 Å². The average Bonchev–Trinajstić information content (AvgIpc) is 2.47. The Morgan fingerprint density at radius 2 is 2.54 bits per heavy atom. The summed E-state index contributed by atoms with van der Waals surface area (Å²) in [5.74, 6) is 0. The average molecular weight is 266 g/mol. The van der Waals surface area contributed by atoms with Crippen molar-refractivity contribution >= 4 is 32.4 Å². The van der Waals surface area contributed by atoms with Crippen molar-refractivity contribution in [2.75, 3.05) is 11.9 Å². The molecule has 0 saturated heterocycles. The maximum atomic E-state index is 9.11. The summed E-state index contributed by atoms with van der Waals surface area (Å²) in [6.45, 7) is 2.20. The predicted molar refractivity (Wildman–Crippen MR) is 58.0 cm³/mol. The van der Waals surface area contributed by atoms with Gasteiger partial charge in [0, 0.05) is 18.0 Å². The van der Waals surface area contributed by atoms with Crippen molar-refractivity contribution in [3.05, 3.63) is 9.98 Å². The summed E-state index contributed by atoms with van der Waals surface area (Å²) in [6.07, 6.45) is -0.504. The molecule has 0 spiro atoms. The first-order valence-electron chi connectivity index (χ1n) is 3.88. The highest BCUT2D eigenvalue weighted by Crippen LogP contribution is 2.19. The zero-order chi connectivity index (χ0) is 9.84. The van der Waals surface area contributed by atoms with E-state index in [0.29, 0.717) is 6.54 Å². The van der Waals surface area contributed by atoms with Crippen LogP contribution in [0.25, 0.3) is 0 Å². The van der Waals surface area contributed by atoms with Crippen LogP contribution >= 0.6 is 27.3 Å². The first kappa shape index (κ1) is 10.9. The molecule has 1 rings (SSSR count). The topological polar surface area (TPSA) is 71.2 Å². The quantitative estimate of drug-likeness (QED) is 0.761. The number of nitrogens with two attached hydrogens (primary N) is 1. The van der Waals surface area contributed by atoms with Crippen molar-refractivity contribution in [3.8, 4) is 0 Å². The summed E-state index contributed by atoms with van der Waals surface area (Å²) in [5.41, 5.74) is 5.62. The lowest BCUT2D eigenvalue weighted by atomic mass is 10.2. The van der Waals surface area contributed by atoms with Crippen molar-refractivity contribution < 1.29 is 5.11 Å². The third-order valence-corrected chi connectivity index (χ3v) is 3.09. The molecule has 74 valence electrons. The zero-order valence-corrected chi connectivity index (χ0v) is 9.60. The van der Waals surface area contributed by atoms with Crippen LogP contribution in [0.2, 0.25) is 0 Å². The molecule has 0 aliphatic rings. The highest BCUT2D eigenvalue weighted by molar-refractivity contribution is 9.10. The van der Waals surface area contributed by atoms with E-state index in [2.05, 4.69) is 26.2 Å². The van der Waals surface area contributed by atoms with Crippen molar-refractivity contribution in [3.63, 3.8) is 0 Å². The molecule has 2 unspecified atom stereocenters. The molecule has 0 aromatic carbocycles. The standard InChI is InChI=1S/C7H12BrN3OS/c1-4(12)5(9)2-10-7-11-6(8)3-13-7/h3-5,12H,2,9H2,1H3,(H,10,11). The zero-order valence-electron chi connectivity index (χ0n) is 7.20. The van der Waals surface area contributed by atoms with E-state index in [1.54, 1.807) is 6.92 Å². The monoisotopic (exact) mass is 265 g/mol. The first-order chi connectivity index (χ1) is 6.09. The van der Waals surface area contributed by atoms with Gasteiger partial charge in [-0.2, -0.15) is 0 Å². The van der Waals surface area contributed by atoms with Crippen molar-refractivity contribution in [1.29, 1.82) is 0 Å². The van der Waals surface area contributed by atoms with E-state index in [4.69, 9.17) is 10.8 Å². The lowest BCUT2D eigenvalue weighted by Crippen LogP contribution is -2.38. The van der Waals surface area contributed by atoms with Crippen molar-refractivity contribution in [1.82, 2.24) is 4.98 Å². The second-order valence-corrected chi connectivity index (χ2v) is 4.43. The van der Waals surface area contributed by atoms with Gasteiger partial charge in [-0.25, -0.2) is 4.98 Å². The molecule has 6 heteroatoms. The minimum atomic E-state index is -0.504. The summed E-state index contributed by atoms with van der Waals surface area (Å²) >= 11 is 4.74. The number of rotatable bonds is 4. The molecule has 4 nitrogen and oxygen atoms in total. The summed E-state index contributed by atoms with van der Waals surface area (Å²) in [7, 11) is 0. The molecule has 13 heavy (non-hydrogen) atoms. The van der Waals surface area contributed by atoms with Gasteiger partial charge in [0.05, 0.1) is 6.10 Å². The molecule has 0 amide bonds. The number of halogens is 1. The second kappa shape index (κ2) is 4.90. The van der Waals surface area contributed by atoms with Gasteiger partial charge in [0.25, 0.3) is 0 Å². The summed E-state index contributed by atoms with van der Waals surface area (Å²) in [5, 5.41) is 14.8. The molecular weight excluding hydrogens is 254 g/mol. The van der Waals surface area contributed by atoms with Crippen molar-refractivity contribution in [2.24, 2.45) is 5.73 Å². The summed E-state index contributed by atoms with van der Waals surface area (Å²) in [6, 6.07) is -0.261. The molecule has 0 bridgehead atoms. The van der Waals surface area contributed by atoms with Crippen LogP contribution in [0.3, 0.4) is 0 Å². The van der Waals surface area contributed by atoms with Gasteiger partial charge >= 0.3 is 0 Å². The normalized spacial score (nSPS) is 15.4. The van der Waals surface area contributed by atoms with Crippen LogP contribution in [-0.2, 0) is 0 Å². The van der Waals surface area contributed by atoms with E-state index < -0.39 is 6.10 Å². The number of anilines is 1. The SMILES string of the molecule is CC(O)C(N)CNc1nc(Br)cs1. The van der Waals surface area contributed by atoms with E-state index in [-0.39, 0.29) is 6.04 Å². The lowest BCUT2D eigenvalue weighted by molar-refractivity contribution is 0.168. The van der Waals surface area contributed by atoms with E-state index >= 15 is 0 Å². The Balaban J connectivity index is 2.35. The van der Waals surface area contributed by atoms with Gasteiger partial charge in [0.2, 0.25) is 0 Å². The largest absolute Gasteiger partial charge is 0.392 e. The Bertz CT molecular complexity index is 266. The third kappa shape index (κ3) is 3.60. The smallest absolute Gasteiger partial charge is 0.183 e. The fraction of sp³-hybridized carbons (Fsp3) is 0.571. The molecule has 0 aliphatic carbocycles. The highest BCUT2D eigenvalue weighted by Gasteiger charge is 2.09. The maximum Gasteiger partial charge on any atom is 0.183 e. The molecule has 1 aromatic heterocycles. The Hall–Kier alpha value is -0.170. The Morgan fingerprint density at radius 1 is 1.85 bits per heavy atom. The van der Waals surface area contributed by atoms with Crippen molar-refractivity contribution in [2.45, 2.75) is 19.1 Å². The third-order valence-electron chi connectivity index (χ3n) is 1.58. The fourth-order valence-corrected chi connectivity index (χ4v) is 1.87. The minimum absolute atomic E-state index is 0.261. The molecule has 2 atom stereocenters. The van der Waals surface area contributed by atoms with Crippen LogP contribution in [0.15, 0.2) is 9.98 Å². The molecule has 1 heterocycles. The first-order valence-corrected chi connectivity index (χ1v) is 5.55.